The lowest BCUT2D eigenvalue weighted by Gasteiger charge is -2.21. The zero-order valence-electron chi connectivity index (χ0n) is 65.0. The fraction of sp³-hybridized carbons (Fsp3) is 0.950. The number of phosphoric ester groups is 2. The van der Waals surface area contributed by atoms with Crippen LogP contribution in [-0.2, 0) is 65.4 Å². The van der Waals surface area contributed by atoms with Gasteiger partial charge in [-0.3, -0.25) is 37.3 Å². The van der Waals surface area contributed by atoms with Crippen LogP contribution < -0.4 is 0 Å². The zero-order chi connectivity index (χ0) is 73.0. The first-order valence-corrected chi connectivity index (χ1v) is 44.4. The van der Waals surface area contributed by atoms with Crippen LogP contribution in [0.1, 0.15) is 414 Å². The Bertz CT molecular complexity index is 1920. The number of aliphatic hydroxyl groups is 1. The van der Waals surface area contributed by atoms with Gasteiger partial charge in [0.25, 0.3) is 0 Å². The summed E-state index contributed by atoms with van der Waals surface area (Å²) < 4.78 is 68.6. The van der Waals surface area contributed by atoms with E-state index in [2.05, 4.69) is 48.5 Å². The van der Waals surface area contributed by atoms with Crippen LogP contribution in [0, 0.1) is 17.8 Å². The molecule has 0 aliphatic carbocycles. The van der Waals surface area contributed by atoms with Gasteiger partial charge in [0.1, 0.15) is 19.3 Å². The van der Waals surface area contributed by atoms with E-state index in [4.69, 9.17) is 37.0 Å². The molecule has 0 aliphatic heterocycles. The third-order valence-corrected chi connectivity index (χ3v) is 20.9. The normalized spacial score (nSPS) is 14.3. The third-order valence-electron chi connectivity index (χ3n) is 19.0. The van der Waals surface area contributed by atoms with Gasteiger partial charge in [-0.1, -0.05) is 363 Å². The first kappa shape index (κ1) is 97.1. The van der Waals surface area contributed by atoms with Crippen molar-refractivity contribution in [1.29, 1.82) is 0 Å². The quantitative estimate of drug-likeness (QED) is 0.0222. The first-order chi connectivity index (χ1) is 47.8. The summed E-state index contributed by atoms with van der Waals surface area (Å²) in [7, 11) is -9.91. The number of ether oxygens (including phenoxy) is 4. The topological polar surface area (TPSA) is 237 Å². The molecule has 99 heavy (non-hydrogen) atoms. The van der Waals surface area contributed by atoms with Crippen molar-refractivity contribution < 1.29 is 80.2 Å². The van der Waals surface area contributed by atoms with Gasteiger partial charge < -0.3 is 33.8 Å². The van der Waals surface area contributed by atoms with Gasteiger partial charge in [-0.15, -0.1) is 0 Å². The molecule has 0 saturated heterocycles. The Balaban J connectivity index is 5.18. The van der Waals surface area contributed by atoms with Gasteiger partial charge >= 0.3 is 39.5 Å². The predicted molar refractivity (Wildman–Crippen MR) is 405 cm³/mol. The van der Waals surface area contributed by atoms with Gasteiger partial charge in [0.05, 0.1) is 26.4 Å². The molecule has 0 heterocycles. The van der Waals surface area contributed by atoms with Crippen LogP contribution in [0.15, 0.2) is 0 Å². The lowest BCUT2D eigenvalue weighted by Crippen LogP contribution is -2.30. The number of phosphoric acid groups is 2. The summed E-state index contributed by atoms with van der Waals surface area (Å²) in [6.45, 7) is 11.9. The molecule has 19 heteroatoms. The van der Waals surface area contributed by atoms with Crippen LogP contribution in [-0.4, -0.2) is 96.7 Å². The molecule has 0 fully saturated rings. The molecule has 0 aliphatic rings. The highest BCUT2D eigenvalue weighted by Gasteiger charge is 2.30. The fourth-order valence-electron chi connectivity index (χ4n) is 12.3. The minimum absolute atomic E-state index is 0.105. The van der Waals surface area contributed by atoms with E-state index >= 15 is 0 Å². The van der Waals surface area contributed by atoms with Crippen LogP contribution in [0.5, 0.6) is 0 Å². The summed E-state index contributed by atoms with van der Waals surface area (Å²) in [6.07, 6.45) is 58.5. The van der Waals surface area contributed by atoms with Crippen molar-refractivity contribution in [2.75, 3.05) is 39.6 Å². The first-order valence-electron chi connectivity index (χ1n) is 41.4. The molecule has 0 aromatic heterocycles. The Morgan fingerprint density at radius 1 is 0.293 bits per heavy atom. The van der Waals surface area contributed by atoms with Crippen LogP contribution >= 0.6 is 15.6 Å². The van der Waals surface area contributed by atoms with E-state index < -0.39 is 97.5 Å². The van der Waals surface area contributed by atoms with Crippen molar-refractivity contribution >= 4 is 39.5 Å². The van der Waals surface area contributed by atoms with E-state index in [0.717, 1.165) is 108 Å². The summed E-state index contributed by atoms with van der Waals surface area (Å²) in [5.41, 5.74) is 0. The van der Waals surface area contributed by atoms with Crippen LogP contribution in [0.3, 0.4) is 0 Å². The second kappa shape index (κ2) is 70.4. The number of esters is 4. The molecule has 588 valence electrons. The van der Waals surface area contributed by atoms with E-state index in [1.165, 1.54) is 218 Å². The molecular formula is C80H156O17P2. The number of hydrogen-bond donors (Lipinski definition) is 3. The third kappa shape index (κ3) is 72.8. The molecule has 0 spiro atoms. The Morgan fingerprint density at radius 3 is 0.768 bits per heavy atom. The molecule has 0 saturated carbocycles. The van der Waals surface area contributed by atoms with E-state index in [9.17, 15) is 43.2 Å². The van der Waals surface area contributed by atoms with Gasteiger partial charge in [0.15, 0.2) is 12.2 Å². The number of rotatable bonds is 78. The number of carbonyl (C=O) groups is 4. The highest BCUT2D eigenvalue weighted by molar-refractivity contribution is 7.47. The van der Waals surface area contributed by atoms with E-state index in [-0.39, 0.29) is 25.7 Å². The molecule has 6 atom stereocenters. The Labute approximate surface area is 607 Å². The van der Waals surface area contributed by atoms with Gasteiger partial charge in [0.2, 0.25) is 0 Å². The van der Waals surface area contributed by atoms with E-state index in [1.54, 1.807) is 0 Å². The zero-order valence-corrected chi connectivity index (χ0v) is 66.8. The molecule has 0 radical (unpaired) electrons. The fourth-order valence-corrected chi connectivity index (χ4v) is 13.9. The maximum atomic E-state index is 13.1. The van der Waals surface area contributed by atoms with Crippen LogP contribution in [0.25, 0.3) is 0 Å². The SMILES string of the molecule is CCCCCCCCCCCCC(=O)O[C@H](COC(=O)CCCCCCCCC(C)C)COP(=O)(O)OC[C@H](O)COP(=O)(O)OC[C@@H](COC(=O)CCCCCCCCCCCCCCCCCC(C)C)OC(=O)CCCCCCCCCCCCCCCCCCCCC(C)CC. The Morgan fingerprint density at radius 2 is 0.515 bits per heavy atom. The van der Waals surface area contributed by atoms with E-state index in [0.29, 0.717) is 31.6 Å². The number of hydrogen-bond acceptors (Lipinski definition) is 15. The Hall–Kier alpha value is -1.94. The summed E-state index contributed by atoms with van der Waals surface area (Å²) in [4.78, 5) is 72.8. The van der Waals surface area contributed by atoms with Gasteiger partial charge in [0, 0.05) is 25.7 Å². The van der Waals surface area contributed by atoms with Crippen LogP contribution in [0.4, 0.5) is 0 Å². The van der Waals surface area contributed by atoms with Crippen molar-refractivity contribution in [2.24, 2.45) is 17.8 Å². The summed E-state index contributed by atoms with van der Waals surface area (Å²) in [5.74, 6) is 0.241. The minimum atomic E-state index is -4.96. The predicted octanol–water partition coefficient (Wildman–Crippen LogP) is 23.7. The molecule has 0 aromatic rings. The molecule has 0 rings (SSSR count). The maximum absolute atomic E-state index is 13.1. The lowest BCUT2D eigenvalue weighted by molar-refractivity contribution is -0.161. The summed E-state index contributed by atoms with van der Waals surface area (Å²) in [6, 6.07) is 0. The average Bonchev–Trinajstić information content (AvgIpc) is 1.14. The van der Waals surface area contributed by atoms with Crippen molar-refractivity contribution in [2.45, 2.75) is 433 Å². The second-order valence-corrected chi connectivity index (χ2v) is 32.9. The highest BCUT2D eigenvalue weighted by atomic mass is 31.2. The molecule has 3 unspecified atom stereocenters. The number of carbonyl (C=O) groups excluding carboxylic acids is 4. The molecule has 0 bridgehead atoms. The number of unbranched alkanes of at least 4 members (excludes halogenated alkanes) is 45. The molecule has 17 nitrogen and oxygen atoms in total. The lowest BCUT2D eigenvalue weighted by atomic mass is 9.99. The van der Waals surface area contributed by atoms with Crippen LogP contribution in [0.2, 0.25) is 0 Å². The smallest absolute Gasteiger partial charge is 0.462 e. The van der Waals surface area contributed by atoms with Crippen molar-refractivity contribution in [1.82, 2.24) is 0 Å². The monoisotopic (exact) mass is 1450 g/mol. The van der Waals surface area contributed by atoms with E-state index in [1.807, 2.05) is 0 Å². The van der Waals surface area contributed by atoms with Gasteiger partial charge in [-0.2, -0.15) is 0 Å². The molecule has 3 N–H and O–H groups in total. The minimum Gasteiger partial charge on any atom is -0.462 e. The van der Waals surface area contributed by atoms with Crippen molar-refractivity contribution in [3.05, 3.63) is 0 Å². The molecule has 0 amide bonds. The summed E-state index contributed by atoms with van der Waals surface area (Å²) in [5, 5.41) is 10.6. The Kier molecular flexibility index (Phi) is 69.0. The molecule has 0 aromatic carbocycles. The average molecular weight is 1450 g/mol. The van der Waals surface area contributed by atoms with Gasteiger partial charge in [-0.05, 0) is 43.4 Å². The highest BCUT2D eigenvalue weighted by Crippen LogP contribution is 2.45. The maximum Gasteiger partial charge on any atom is 0.472 e. The molecular weight excluding hydrogens is 1290 g/mol. The summed E-state index contributed by atoms with van der Waals surface area (Å²) >= 11 is 0. The second-order valence-electron chi connectivity index (χ2n) is 30.0. The van der Waals surface area contributed by atoms with Gasteiger partial charge in [-0.25, -0.2) is 9.13 Å². The van der Waals surface area contributed by atoms with Crippen molar-refractivity contribution in [3.8, 4) is 0 Å². The standard InChI is InChI=1S/C80H156O17P2/c1-8-10-11-12-13-14-34-40-49-56-63-79(84)97-76(68-91-78(83)62-55-48-43-42-45-52-59-72(5)6)70-95-99(88,89)93-66-74(81)65-92-98(86,87)94-69-75(67-90-77(82)61-54-47-39-35-30-26-23-19-20-24-28-32-37-44-51-58-71(3)4)96-80(85)64-57-50-41-36-31-27-22-18-16-15-17-21-25-29-33-38-46-53-60-73(7)9-2/h71-76,81H,8-70H2,1-7H3,(H,86,87)(H,88,89)/t73?,74-,75-,76-/m1/s1. The van der Waals surface area contributed by atoms with Crippen molar-refractivity contribution in [3.63, 3.8) is 0 Å². The largest absolute Gasteiger partial charge is 0.472 e. The number of aliphatic hydroxyl groups excluding tert-OH is 1.